The highest BCUT2D eigenvalue weighted by Gasteiger charge is 2.23. The smallest absolute Gasteiger partial charge is 0.407 e. The molecule has 2 amide bonds. The molecule has 0 spiro atoms. The van der Waals surface area contributed by atoms with E-state index in [1.807, 2.05) is 24.3 Å². The summed E-state index contributed by atoms with van der Waals surface area (Å²) >= 11 is 0. The van der Waals surface area contributed by atoms with Gasteiger partial charge >= 0.3 is 12.1 Å². The molecule has 0 fully saturated rings. The lowest BCUT2D eigenvalue weighted by Crippen LogP contribution is -2.44. The van der Waals surface area contributed by atoms with Gasteiger partial charge in [-0.25, -0.2) is 14.6 Å². The molecule has 0 aliphatic carbocycles. The largest absolute Gasteiger partial charge is 0.480 e. The monoisotopic (exact) mass is 452 g/mol. The topological polar surface area (TPSA) is 151 Å². The number of hydrogen-bond donors (Lipinski definition) is 4. The number of carboxylic acid groups (broad SMARTS) is 1. The number of fused-ring (bicyclic) bond motifs is 1. The van der Waals surface area contributed by atoms with Gasteiger partial charge in [0.2, 0.25) is 5.91 Å². The number of nitrogens with zero attached hydrogens (tertiary/aromatic N) is 2. The molecule has 33 heavy (non-hydrogen) atoms. The highest BCUT2D eigenvalue weighted by molar-refractivity contribution is 5.84. The molecule has 2 aromatic carbocycles. The van der Waals surface area contributed by atoms with Crippen molar-refractivity contribution in [2.45, 2.75) is 31.6 Å². The minimum Gasteiger partial charge on any atom is -0.480 e. The van der Waals surface area contributed by atoms with Crippen LogP contribution in [-0.2, 0) is 27.4 Å². The zero-order valence-corrected chi connectivity index (χ0v) is 17.7. The molecule has 0 aliphatic rings. The Labute approximate surface area is 189 Å². The molecule has 0 saturated carbocycles. The number of aromatic nitrogens is 2. The first-order valence-corrected chi connectivity index (χ1v) is 10.3. The third kappa shape index (κ3) is 7.54. The third-order valence-corrected chi connectivity index (χ3v) is 4.66. The van der Waals surface area contributed by atoms with E-state index in [9.17, 15) is 24.6 Å². The quantitative estimate of drug-likeness (QED) is 0.361. The summed E-state index contributed by atoms with van der Waals surface area (Å²) in [6, 6.07) is 15.0. The number of aliphatic carboxylic acids is 1. The van der Waals surface area contributed by atoms with Crippen molar-refractivity contribution in [1.29, 1.82) is 0 Å². The number of aliphatic hydroxyl groups excluding tert-OH is 1. The standard InChI is InChI=1S/C23H24N4O6/c28-17(13-25-23(32)33-14-15-6-2-1-3-7-15)11-21(29)27-20(22(30)31)10-16-12-24-18-8-4-5-9-19(18)26-16/h1-9,12,17,20,28H,10-11,13-14H2,(H,25,32)(H,27,29)(H,30,31)/t17-,20-/m0/s1. The molecule has 4 N–H and O–H groups in total. The molecular formula is C23H24N4O6. The number of benzene rings is 2. The predicted molar refractivity (Wildman–Crippen MR) is 118 cm³/mol. The van der Waals surface area contributed by atoms with Crippen molar-refractivity contribution in [1.82, 2.24) is 20.6 Å². The molecule has 1 heterocycles. The number of para-hydroxylation sites is 2. The van der Waals surface area contributed by atoms with Gasteiger partial charge in [-0.1, -0.05) is 42.5 Å². The van der Waals surface area contributed by atoms with Crippen LogP contribution in [0.25, 0.3) is 11.0 Å². The van der Waals surface area contributed by atoms with Crippen LogP contribution in [0, 0.1) is 0 Å². The maximum atomic E-state index is 12.2. The Morgan fingerprint density at radius 1 is 1.00 bits per heavy atom. The van der Waals surface area contributed by atoms with Crippen LogP contribution in [0.3, 0.4) is 0 Å². The molecule has 0 unspecified atom stereocenters. The number of amides is 2. The molecule has 10 nitrogen and oxygen atoms in total. The van der Waals surface area contributed by atoms with Crippen LogP contribution in [-0.4, -0.2) is 56.8 Å². The molecule has 0 aliphatic heterocycles. The van der Waals surface area contributed by atoms with Gasteiger partial charge in [-0.3, -0.25) is 9.78 Å². The van der Waals surface area contributed by atoms with Crippen LogP contribution in [0.4, 0.5) is 4.79 Å². The molecule has 0 bridgehead atoms. The van der Waals surface area contributed by atoms with Crippen LogP contribution in [0.5, 0.6) is 0 Å². The lowest BCUT2D eigenvalue weighted by atomic mass is 10.1. The second-order valence-corrected chi connectivity index (χ2v) is 7.31. The lowest BCUT2D eigenvalue weighted by Gasteiger charge is -2.16. The van der Waals surface area contributed by atoms with Crippen LogP contribution in [0.2, 0.25) is 0 Å². The van der Waals surface area contributed by atoms with E-state index >= 15 is 0 Å². The highest BCUT2D eigenvalue weighted by atomic mass is 16.5. The van der Waals surface area contributed by atoms with Gasteiger partial charge < -0.3 is 25.6 Å². The Kier molecular flexibility index (Phi) is 8.25. The summed E-state index contributed by atoms with van der Waals surface area (Å²) in [4.78, 5) is 44.1. The molecule has 2 atom stereocenters. The van der Waals surface area contributed by atoms with Crippen LogP contribution in [0.1, 0.15) is 17.7 Å². The maximum absolute atomic E-state index is 12.2. The van der Waals surface area contributed by atoms with Crippen molar-refractivity contribution >= 4 is 29.0 Å². The molecule has 10 heteroatoms. The van der Waals surface area contributed by atoms with Crippen molar-refractivity contribution in [3.05, 3.63) is 72.1 Å². The molecule has 0 saturated heterocycles. The summed E-state index contributed by atoms with van der Waals surface area (Å²) in [7, 11) is 0. The third-order valence-electron chi connectivity index (χ3n) is 4.66. The van der Waals surface area contributed by atoms with Gasteiger partial charge in [0, 0.05) is 19.2 Å². The number of carboxylic acids is 1. The fraction of sp³-hybridized carbons (Fsp3) is 0.261. The summed E-state index contributed by atoms with van der Waals surface area (Å²) in [5.74, 6) is -1.92. The average molecular weight is 452 g/mol. The van der Waals surface area contributed by atoms with E-state index in [0.717, 1.165) is 5.56 Å². The number of hydrogen-bond acceptors (Lipinski definition) is 7. The van der Waals surface area contributed by atoms with E-state index in [4.69, 9.17) is 4.74 Å². The summed E-state index contributed by atoms with van der Waals surface area (Å²) < 4.78 is 5.02. The highest BCUT2D eigenvalue weighted by Crippen LogP contribution is 2.10. The van der Waals surface area contributed by atoms with Crippen molar-refractivity contribution in [2.24, 2.45) is 0 Å². The summed E-state index contributed by atoms with van der Waals surface area (Å²) in [5, 5.41) is 24.2. The van der Waals surface area contributed by atoms with E-state index in [2.05, 4.69) is 20.6 Å². The lowest BCUT2D eigenvalue weighted by molar-refractivity contribution is -0.142. The molecule has 172 valence electrons. The number of rotatable bonds is 10. The fourth-order valence-corrected chi connectivity index (χ4v) is 3.02. The normalized spacial score (nSPS) is 12.5. The Morgan fingerprint density at radius 3 is 2.42 bits per heavy atom. The Bertz CT molecular complexity index is 1110. The first-order chi connectivity index (χ1) is 15.9. The minimum atomic E-state index is -1.25. The summed E-state index contributed by atoms with van der Waals surface area (Å²) in [5.41, 5.74) is 2.51. The predicted octanol–water partition coefficient (Wildman–Crippen LogP) is 1.42. The number of nitrogens with one attached hydrogen (secondary N) is 2. The SMILES string of the molecule is O=C(C[C@H](O)CNC(=O)OCc1ccccc1)N[C@@H](Cc1cnc2ccccc2n1)C(=O)O. The van der Waals surface area contributed by atoms with Crippen molar-refractivity contribution in [3.63, 3.8) is 0 Å². The molecule has 3 aromatic rings. The average Bonchev–Trinajstić information content (AvgIpc) is 2.81. The van der Waals surface area contributed by atoms with Gasteiger partial charge in [0.15, 0.2) is 0 Å². The number of carbonyl (C=O) groups is 3. The fourth-order valence-electron chi connectivity index (χ4n) is 3.02. The maximum Gasteiger partial charge on any atom is 0.407 e. The first kappa shape index (κ1) is 23.6. The van der Waals surface area contributed by atoms with E-state index in [1.165, 1.54) is 6.20 Å². The zero-order chi connectivity index (χ0) is 23.6. The van der Waals surface area contributed by atoms with Crippen molar-refractivity contribution < 1.29 is 29.3 Å². The minimum absolute atomic E-state index is 0.0704. The van der Waals surface area contributed by atoms with Gasteiger partial charge in [-0.15, -0.1) is 0 Å². The van der Waals surface area contributed by atoms with Crippen LogP contribution < -0.4 is 10.6 Å². The summed E-state index contributed by atoms with van der Waals surface area (Å²) in [6.45, 7) is -0.157. The van der Waals surface area contributed by atoms with Crippen molar-refractivity contribution in [2.75, 3.05) is 6.54 Å². The zero-order valence-electron chi connectivity index (χ0n) is 17.7. The molecule has 3 rings (SSSR count). The Hall–Kier alpha value is -4.05. The number of alkyl carbamates (subject to hydrolysis) is 1. The van der Waals surface area contributed by atoms with Gasteiger partial charge in [-0.2, -0.15) is 0 Å². The number of ether oxygens (including phenoxy) is 1. The van der Waals surface area contributed by atoms with E-state index in [0.29, 0.717) is 16.7 Å². The van der Waals surface area contributed by atoms with Crippen molar-refractivity contribution in [3.8, 4) is 0 Å². The Morgan fingerprint density at radius 2 is 1.70 bits per heavy atom. The van der Waals surface area contributed by atoms with E-state index in [1.54, 1.807) is 30.3 Å². The van der Waals surface area contributed by atoms with Crippen LogP contribution >= 0.6 is 0 Å². The number of carbonyl (C=O) groups excluding carboxylic acids is 2. The van der Waals surface area contributed by atoms with Gasteiger partial charge in [0.1, 0.15) is 12.6 Å². The second kappa shape index (κ2) is 11.5. The van der Waals surface area contributed by atoms with Gasteiger partial charge in [-0.05, 0) is 17.7 Å². The first-order valence-electron chi connectivity index (χ1n) is 10.3. The van der Waals surface area contributed by atoms with E-state index < -0.39 is 36.5 Å². The van der Waals surface area contributed by atoms with E-state index in [-0.39, 0.29) is 19.6 Å². The molecular weight excluding hydrogens is 428 g/mol. The molecule has 0 radical (unpaired) electrons. The summed E-state index contributed by atoms with van der Waals surface area (Å²) in [6.07, 6.45) is -0.962. The second-order valence-electron chi connectivity index (χ2n) is 7.31. The van der Waals surface area contributed by atoms with Crippen LogP contribution in [0.15, 0.2) is 60.8 Å². The Balaban J connectivity index is 1.44. The molecule has 1 aromatic heterocycles. The van der Waals surface area contributed by atoms with Gasteiger partial charge in [0.25, 0.3) is 0 Å². The number of aliphatic hydroxyl groups is 1. The van der Waals surface area contributed by atoms with Gasteiger partial charge in [0.05, 0.1) is 29.3 Å².